The third-order valence-electron chi connectivity index (χ3n) is 3.12. The van der Waals surface area contributed by atoms with Crippen LogP contribution in [-0.4, -0.2) is 12.5 Å². The lowest BCUT2D eigenvalue weighted by Crippen LogP contribution is -2.27. The summed E-state index contributed by atoms with van der Waals surface area (Å²) < 4.78 is 13.0. The van der Waals surface area contributed by atoms with Gasteiger partial charge in [0.25, 0.3) is 5.91 Å². The van der Waals surface area contributed by atoms with Gasteiger partial charge in [-0.15, -0.1) is 0 Å². The van der Waals surface area contributed by atoms with E-state index in [9.17, 15) is 9.18 Å². The third kappa shape index (κ3) is 3.35. The molecule has 0 heterocycles. The molecule has 20 heavy (non-hydrogen) atoms. The zero-order valence-corrected chi connectivity index (χ0v) is 11.3. The second-order valence-electron chi connectivity index (χ2n) is 4.67. The molecule has 0 aromatic heterocycles. The van der Waals surface area contributed by atoms with Gasteiger partial charge in [-0.3, -0.25) is 4.79 Å². The lowest BCUT2D eigenvalue weighted by molar-refractivity contribution is 0.0954. The van der Waals surface area contributed by atoms with E-state index in [1.807, 2.05) is 25.1 Å². The Bertz CT molecular complexity index is 605. The van der Waals surface area contributed by atoms with Crippen molar-refractivity contribution in [1.29, 1.82) is 0 Å². The Morgan fingerprint density at radius 2 is 2.00 bits per heavy atom. The molecule has 0 unspecified atom stereocenters. The summed E-state index contributed by atoms with van der Waals surface area (Å²) in [6, 6.07) is 11.7. The quantitative estimate of drug-likeness (QED) is 0.841. The second kappa shape index (κ2) is 6.19. The maximum Gasteiger partial charge on any atom is 0.253 e. The average Bonchev–Trinajstić information content (AvgIpc) is 2.38. The van der Waals surface area contributed by atoms with Gasteiger partial charge in [0, 0.05) is 12.2 Å². The monoisotopic (exact) mass is 272 g/mol. The highest BCUT2D eigenvalue weighted by atomic mass is 19.1. The van der Waals surface area contributed by atoms with Crippen molar-refractivity contribution in [3.05, 3.63) is 65.0 Å². The number of benzene rings is 2. The number of nitrogen functional groups attached to an aromatic ring is 1. The summed E-state index contributed by atoms with van der Waals surface area (Å²) in [5.74, 6) is -0.464. The molecular formula is C16H17FN2O. The van der Waals surface area contributed by atoms with E-state index in [0.29, 0.717) is 24.2 Å². The van der Waals surface area contributed by atoms with Crippen molar-refractivity contribution >= 4 is 11.6 Å². The molecule has 3 nitrogen and oxygen atoms in total. The minimum Gasteiger partial charge on any atom is -0.398 e. The summed E-state index contributed by atoms with van der Waals surface area (Å²) in [7, 11) is 0. The van der Waals surface area contributed by atoms with E-state index >= 15 is 0 Å². The van der Waals surface area contributed by atoms with Gasteiger partial charge in [-0.2, -0.15) is 0 Å². The topological polar surface area (TPSA) is 55.1 Å². The third-order valence-corrected chi connectivity index (χ3v) is 3.12. The van der Waals surface area contributed by atoms with E-state index in [1.165, 1.54) is 12.1 Å². The van der Waals surface area contributed by atoms with Crippen molar-refractivity contribution < 1.29 is 9.18 Å². The van der Waals surface area contributed by atoms with Crippen molar-refractivity contribution in [2.24, 2.45) is 0 Å². The standard InChI is InChI=1S/C16H17FN2O/c1-11-4-2-7-14(18)15(11)16(20)19-9-8-12-5-3-6-13(17)10-12/h2-7,10H,8-9,18H2,1H3,(H,19,20). The molecule has 2 rings (SSSR count). The van der Waals surface area contributed by atoms with Gasteiger partial charge in [0.05, 0.1) is 5.56 Å². The Morgan fingerprint density at radius 3 is 2.70 bits per heavy atom. The molecule has 0 spiro atoms. The van der Waals surface area contributed by atoms with Crippen LogP contribution >= 0.6 is 0 Å². The largest absolute Gasteiger partial charge is 0.398 e. The molecule has 104 valence electrons. The van der Waals surface area contributed by atoms with Gasteiger partial charge in [-0.05, 0) is 42.7 Å². The number of nitrogens with two attached hydrogens (primary N) is 1. The number of hydrogen-bond donors (Lipinski definition) is 2. The fraction of sp³-hybridized carbons (Fsp3) is 0.188. The van der Waals surface area contributed by atoms with E-state index in [2.05, 4.69) is 5.32 Å². The SMILES string of the molecule is Cc1cccc(N)c1C(=O)NCCc1cccc(F)c1. The maximum absolute atomic E-state index is 13.0. The first kappa shape index (κ1) is 14.1. The molecule has 4 heteroatoms. The van der Waals surface area contributed by atoms with Gasteiger partial charge in [-0.25, -0.2) is 4.39 Å². The number of hydrogen-bond acceptors (Lipinski definition) is 2. The highest BCUT2D eigenvalue weighted by Crippen LogP contribution is 2.15. The molecular weight excluding hydrogens is 255 g/mol. The van der Waals surface area contributed by atoms with Crippen LogP contribution < -0.4 is 11.1 Å². The predicted octanol–water partition coefficient (Wildman–Crippen LogP) is 2.69. The summed E-state index contributed by atoms with van der Waals surface area (Å²) in [6.07, 6.45) is 0.579. The number of nitrogens with one attached hydrogen (secondary N) is 1. The Morgan fingerprint density at radius 1 is 1.25 bits per heavy atom. The van der Waals surface area contributed by atoms with E-state index in [-0.39, 0.29) is 11.7 Å². The molecule has 0 saturated carbocycles. The molecule has 0 aliphatic carbocycles. The smallest absolute Gasteiger partial charge is 0.253 e. The molecule has 0 fully saturated rings. The van der Waals surface area contributed by atoms with Crippen LogP contribution in [0.1, 0.15) is 21.5 Å². The minimum atomic E-state index is -0.267. The Labute approximate surface area is 117 Å². The molecule has 0 atom stereocenters. The number of aryl methyl sites for hydroxylation is 1. The van der Waals surface area contributed by atoms with Gasteiger partial charge in [-0.1, -0.05) is 24.3 Å². The van der Waals surface area contributed by atoms with Gasteiger partial charge in [0.2, 0.25) is 0 Å². The Hall–Kier alpha value is -2.36. The molecule has 1 amide bonds. The number of rotatable bonds is 4. The lowest BCUT2D eigenvalue weighted by Gasteiger charge is -2.10. The van der Waals surface area contributed by atoms with Crippen LogP contribution in [0.2, 0.25) is 0 Å². The van der Waals surface area contributed by atoms with Crippen LogP contribution in [-0.2, 0) is 6.42 Å². The van der Waals surface area contributed by atoms with Gasteiger partial charge in [0.15, 0.2) is 0 Å². The molecule has 0 aliphatic rings. The van der Waals surface area contributed by atoms with E-state index in [0.717, 1.165) is 11.1 Å². The lowest BCUT2D eigenvalue weighted by atomic mass is 10.1. The number of carbonyl (C=O) groups is 1. The van der Waals surface area contributed by atoms with Crippen LogP contribution in [0.3, 0.4) is 0 Å². The van der Waals surface area contributed by atoms with Crippen molar-refractivity contribution in [3.8, 4) is 0 Å². The highest BCUT2D eigenvalue weighted by Gasteiger charge is 2.11. The molecule has 3 N–H and O–H groups in total. The van der Waals surface area contributed by atoms with Gasteiger partial charge < -0.3 is 11.1 Å². The molecule has 2 aromatic carbocycles. The molecule has 0 bridgehead atoms. The van der Waals surface area contributed by atoms with Crippen LogP contribution in [0, 0.1) is 12.7 Å². The maximum atomic E-state index is 13.0. The van der Waals surface area contributed by atoms with Crippen molar-refractivity contribution in [1.82, 2.24) is 5.32 Å². The molecule has 0 saturated heterocycles. The first-order valence-corrected chi connectivity index (χ1v) is 6.45. The van der Waals surface area contributed by atoms with E-state index in [1.54, 1.807) is 12.1 Å². The summed E-state index contributed by atoms with van der Waals surface area (Å²) in [4.78, 5) is 12.1. The number of halogens is 1. The molecule has 0 radical (unpaired) electrons. The molecule has 0 aliphatic heterocycles. The number of carbonyl (C=O) groups excluding carboxylic acids is 1. The first-order chi connectivity index (χ1) is 9.58. The fourth-order valence-corrected chi connectivity index (χ4v) is 2.10. The predicted molar refractivity (Wildman–Crippen MR) is 78.0 cm³/mol. The second-order valence-corrected chi connectivity index (χ2v) is 4.67. The van der Waals surface area contributed by atoms with Crippen molar-refractivity contribution in [2.45, 2.75) is 13.3 Å². The minimum absolute atomic E-state index is 0.197. The van der Waals surface area contributed by atoms with Crippen LogP contribution in [0.15, 0.2) is 42.5 Å². The van der Waals surface area contributed by atoms with Crippen molar-refractivity contribution in [3.63, 3.8) is 0 Å². The van der Waals surface area contributed by atoms with E-state index < -0.39 is 0 Å². The van der Waals surface area contributed by atoms with Crippen LogP contribution in [0.5, 0.6) is 0 Å². The summed E-state index contributed by atoms with van der Waals surface area (Å²) in [5, 5.41) is 2.81. The summed E-state index contributed by atoms with van der Waals surface area (Å²) in [5.41, 5.74) is 8.48. The first-order valence-electron chi connectivity index (χ1n) is 6.45. The Balaban J connectivity index is 1.96. The van der Waals surface area contributed by atoms with Gasteiger partial charge in [0.1, 0.15) is 5.82 Å². The normalized spacial score (nSPS) is 10.3. The van der Waals surface area contributed by atoms with Crippen LogP contribution in [0.25, 0.3) is 0 Å². The van der Waals surface area contributed by atoms with Crippen molar-refractivity contribution in [2.75, 3.05) is 12.3 Å². The fourth-order valence-electron chi connectivity index (χ4n) is 2.10. The zero-order valence-electron chi connectivity index (χ0n) is 11.3. The number of anilines is 1. The van der Waals surface area contributed by atoms with Gasteiger partial charge >= 0.3 is 0 Å². The summed E-state index contributed by atoms with van der Waals surface area (Å²) >= 11 is 0. The number of amides is 1. The zero-order chi connectivity index (χ0) is 14.5. The molecule has 2 aromatic rings. The average molecular weight is 272 g/mol. The highest BCUT2D eigenvalue weighted by molar-refractivity contribution is 6.00. The van der Waals surface area contributed by atoms with Crippen LogP contribution in [0.4, 0.5) is 10.1 Å². The Kier molecular flexibility index (Phi) is 4.35. The summed E-state index contributed by atoms with van der Waals surface area (Å²) in [6.45, 7) is 2.29. The van der Waals surface area contributed by atoms with E-state index in [4.69, 9.17) is 5.73 Å².